The number of carboxylic acid groups (broad SMARTS) is 1. The number of benzene rings is 2. The Labute approximate surface area is 126 Å². The average molecular weight is 299 g/mol. The predicted molar refractivity (Wildman–Crippen MR) is 83.4 cm³/mol. The zero-order chi connectivity index (χ0) is 14.8. The van der Waals surface area contributed by atoms with E-state index < -0.39 is 5.97 Å². The highest BCUT2D eigenvalue weighted by Crippen LogP contribution is 2.27. The second-order valence-electron chi connectivity index (χ2n) is 4.53. The summed E-state index contributed by atoms with van der Waals surface area (Å²) in [5.41, 5.74) is 2.76. The van der Waals surface area contributed by atoms with Crippen molar-refractivity contribution >= 4 is 39.8 Å². The lowest BCUT2D eigenvalue weighted by molar-refractivity contribution is 0.0697. The molecule has 0 bridgehead atoms. The van der Waals surface area contributed by atoms with Gasteiger partial charge < -0.3 is 10.4 Å². The molecule has 2 aromatic carbocycles. The first-order valence-corrected chi connectivity index (χ1v) is 6.66. The topological polar surface area (TPSA) is 62.2 Å². The Kier molecular flexibility index (Phi) is 3.46. The highest BCUT2D eigenvalue weighted by molar-refractivity contribution is 6.31. The fraction of sp³-hybridized carbons (Fsp3) is 0. The maximum Gasteiger partial charge on any atom is 0.335 e. The molecule has 4 nitrogen and oxygen atoms in total. The van der Waals surface area contributed by atoms with Gasteiger partial charge in [-0.15, -0.1) is 0 Å². The molecule has 1 heterocycles. The van der Waals surface area contributed by atoms with Crippen LogP contribution in [0.4, 0.5) is 11.4 Å². The summed E-state index contributed by atoms with van der Waals surface area (Å²) < 4.78 is 0. The number of aromatic carboxylic acids is 1. The number of carbonyl (C=O) groups is 1. The standard InChI is InChI=1S/C16H11ClN2O2/c17-11-3-6-14-13(9-11)15(7-8-18-14)19-12-4-1-10(2-5-12)16(20)21/h1-9H,(H,18,19)(H,20,21). The minimum atomic E-state index is -0.942. The zero-order valence-corrected chi connectivity index (χ0v) is 11.6. The van der Waals surface area contributed by atoms with Crippen molar-refractivity contribution in [3.8, 4) is 0 Å². The van der Waals surface area contributed by atoms with E-state index in [0.717, 1.165) is 22.3 Å². The van der Waals surface area contributed by atoms with Crippen molar-refractivity contribution in [2.75, 3.05) is 5.32 Å². The Hall–Kier alpha value is -2.59. The van der Waals surface area contributed by atoms with E-state index in [4.69, 9.17) is 16.7 Å². The van der Waals surface area contributed by atoms with Crippen LogP contribution in [0.15, 0.2) is 54.7 Å². The summed E-state index contributed by atoms with van der Waals surface area (Å²) in [6.07, 6.45) is 1.71. The molecule has 0 aliphatic heterocycles. The van der Waals surface area contributed by atoms with Crippen LogP contribution in [-0.2, 0) is 0 Å². The summed E-state index contributed by atoms with van der Waals surface area (Å²) in [5.74, 6) is -0.942. The lowest BCUT2D eigenvalue weighted by Crippen LogP contribution is -1.97. The molecule has 0 saturated carbocycles. The Balaban J connectivity index is 1.97. The molecule has 0 fully saturated rings. The molecule has 0 aliphatic carbocycles. The van der Waals surface area contributed by atoms with Crippen LogP contribution >= 0.6 is 11.6 Å². The molecule has 3 rings (SSSR count). The molecule has 3 aromatic rings. The van der Waals surface area contributed by atoms with Crippen LogP contribution in [0, 0.1) is 0 Å². The molecule has 0 spiro atoms. The minimum Gasteiger partial charge on any atom is -0.478 e. The molecule has 0 saturated heterocycles. The van der Waals surface area contributed by atoms with Crippen LogP contribution in [0.25, 0.3) is 10.9 Å². The van der Waals surface area contributed by atoms with E-state index in [1.165, 1.54) is 0 Å². The van der Waals surface area contributed by atoms with Gasteiger partial charge in [0.1, 0.15) is 0 Å². The van der Waals surface area contributed by atoms with Crippen molar-refractivity contribution in [3.05, 3.63) is 65.3 Å². The highest BCUT2D eigenvalue weighted by Gasteiger charge is 2.05. The van der Waals surface area contributed by atoms with E-state index in [0.29, 0.717) is 5.02 Å². The normalized spacial score (nSPS) is 10.5. The third kappa shape index (κ3) is 2.80. The molecule has 5 heteroatoms. The number of pyridine rings is 1. The van der Waals surface area contributed by atoms with Crippen molar-refractivity contribution < 1.29 is 9.90 Å². The molecule has 104 valence electrons. The molecule has 1 aromatic heterocycles. The highest BCUT2D eigenvalue weighted by atomic mass is 35.5. The van der Waals surface area contributed by atoms with Crippen LogP contribution < -0.4 is 5.32 Å². The Morgan fingerprint density at radius 3 is 2.57 bits per heavy atom. The van der Waals surface area contributed by atoms with Gasteiger partial charge in [-0.1, -0.05) is 11.6 Å². The summed E-state index contributed by atoms with van der Waals surface area (Å²) in [4.78, 5) is 15.1. The van der Waals surface area contributed by atoms with Crippen molar-refractivity contribution in [2.24, 2.45) is 0 Å². The van der Waals surface area contributed by atoms with Gasteiger partial charge in [0.2, 0.25) is 0 Å². The van der Waals surface area contributed by atoms with Crippen LogP contribution in [0.3, 0.4) is 0 Å². The number of anilines is 2. The third-order valence-electron chi connectivity index (χ3n) is 3.11. The van der Waals surface area contributed by atoms with E-state index in [1.54, 1.807) is 36.5 Å². The first kappa shape index (κ1) is 13.4. The number of aromatic nitrogens is 1. The van der Waals surface area contributed by atoms with Gasteiger partial charge in [0.05, 0.1) is 11.1 Å². The van der Waals surface area contributed by atoms with Gasteiger partial charge in [0.15, 0.2) is 0 Å². The van der Waals surface area contributed by atoms with Gasteiger partial charge in [0.25, 0.3) is 0 Å². The van der Waals surface area contributed by atoms with Gasteiger partial charge in [-0.05, 0) is 48.5 Å². The van der Waals surface area contributed by atoms with Gasteiger partial charge in [0, 0.05) is 28.0 Å². The number of carboxylic acids is 1. The predicted octanol–water partition coefficient (Wildman–Crippen LogP) is 4.33. The number of hydrogen-bond acceptors (Lipinski definition) is 3. The summed E-state index contributed by atoms with van der Waals surface area (Å²) in [5, 5.41) is 13.7. The van der Waals surface area contributed by atoms with Crippen LogP contribution in [0.1, 0.15) is 10.4 Å². The van der Waals surface area contributed by atoms with E-state index >= 15 is 0 Å². The van der Waals surface area contributed by atoms with Crippen molar-refractivity contribution in [1.82, 2.24) is 4.98 Å². The maximum atomic E-state index is 10.8. The van der Waals surface area contributed by atoms with E-state index in [-0.39, 0.29) is 5.56 Å². The van der Waals surface area contributed by atoms with Crippen molar-refractivity contribution in [1.29, 1.82) is 0 Å². The SMILES string of the molecule is O=C(O)c1ccc(Nc2ccnc3ccc(Cl)cc23)cc1. The number of nitrogens with zero attached hydrogens (tertiary/aromatic N) is 1. The van der Waals surface area contributed by atoms with E-state index in [9.17, 15) is 4.79 Å². The van der Waals surface area contributed by atoms with Gasteiger partial charge in [-0.3, -0.25) is 4.98 Å². The fourth-order valence-electron chi connectivity index (χ4n) is 2.08. The lowest BCUT2D eigenvalue weighted by Gasteiger charge is -2.10. The van der Waals surface area contributed by atoms with Gasteiger partial charge >= 0.3 is 5.97 Å². The average Bonchev–Trinajstić information content (AvgIpc) is 2.48. The van der Waals surface area contributed by atoms with E-state index in [2.05, 4.69) is 10.3 Å². The molecule has 0 radical (unpaired) electrons. The first-order chi connectivity index (χ1) is 10.1. The molecule has 0 unspecified atom stereocenters. The fourth-order valence-corrected chi connectivity index (χ4v) is 2.25. The Morgan fingerprint density at radius 1 is 1.10 bits per heavy atom. The number of nitrogens with one attached hydrogen (secondary N) is 1. The quantitative estimate of drug-likeness (QED) is 0.755. The van der Waals surface area contributed by atoms with Crippen molar-refractivity contribution in [3.63, 3.8) is 0 Å². The number of hydrogen-bond donors (Lipinski definition) is 2. The molecule has 0 atom stereocenters. The molecule has 2 N–H and O–H groups in total. The van der Waals surface area contributed by atoms with Gasteiger partial charge in [-0.25, -0.2) is 4.79 Å². The second kappa shape index (κ2) is 5.42. The molecule has 0 amide bonds. The summed E-state index contributed by atoms with van der Waals surface area (Å²) in [7, 11) is 0. The van der Waals surface area contributed by atoms with Crippen LogP contribution in [0.5, 0.6) is 0 Å². The first-order valence-electron chi connectivity index (χ1n) is 6.28. The summed E-state index contributed by atoms with van der Waals surface area (Å²) in [6.45, 7) is 0. The molecule has 0 aliphatic rings. The number of halogens is 1. The third-order valence-corrected chi connectivity index (χ3v) is 3.35. The summed E-state index contributed by atoms with van der Waals surface area (Å²) in [6, 6.07) is 13.9. The Morgan fingerprint density at radius 2 is 1.86 bits per heavy atom. The zero-order valence-electron chi connectivity index (χ0n) is 10.9. The monoisotopic (exact) mass is 298 g/mol. The maximum absolute atomic E-state index is 10.8. The molecule has 21 heavy (non-hydrogen) atoms. The number of rotatable bonds is 3. The van der Waals surface area contributed by atoms with Gasteiger partial charge in [-0.2, -0.15) is 0 Å². The second-order valence-corrected chi connectivity index (χ2v) is 4.96. The van der Waals surface area contributed by atoms with Crippen LogP contribution in [-0.4, -0.2) is 16.1 Å². The Bertz CT molecular complexity index is 816. The molecular weight excluding hydrogens is 288 g/mol. The van der Waals surface area contributed by atoms with E-state index in [1.807, 2.05) is 18.2 Å². The van der Waals surface area contributed by atoms with Crippen LogP contribution in [0.2, 0.25) is 5.02 Å². The number of fused-ring (bicyclic) bond motifs is 1. The summed E-state index contributed by atoms with van der Waals surface area (Å²) >= 11 is 6.03. The lowest BCUT2D eigenvalue weighted by atomic mass is 10.1. The minimum absolute atomic E-state index is 0.253. The largest absolute Gasteiger partial charge is 0.478 e. The molecular formula is C16H11ClN2O2. The van der Waals surface area contributed by atoms with Crippen molar-refractivity contribution in [2.45, 2.75) is 0 Å². The smallest absolute Gasteiger partial charge is 0.335 e.